The van der Waals surface area contributed by atoms with E-state index in [9.17, 15) is 22.8 Å². The molecule has 4 bridgehead atoms. The molecule has 1 aliphatic carbocycles. The molecule has 4 aliphatic rings. The Balaban J connectivity index is 1.27. The van der Waals surface area contributed by atoms with Crippen LogP contribution in [-0.2, 0) is 20.5 Å². The highest BCUT2D eigenvalue weighted by Gasteiger charge is 2.49. The van der Waals surface area contributed by atoms with Crippen molar-refractivity contribution < 1.29 is 27.5 Å². The number of anilines is 1. The van der Waals surface area contributed by atoms with E-state index in [1.807, 2.05) is 4.90 Å². The molecule has 0 aromatic heterocycles. The van der Waals surface area contributed by atoms with E-state index in [0.717, 1.165) is 50.7 Å². The van der Waals surface area contributed by atoms with Gasteiger partial charge in [-0.2, -0.15) is 13.2 Å². The van der Waals surface area contributed by atoms with Crippen molar-refractivity contribution in [2.75, 3.05) is 18.4 Å². The number of carbonyl (C=O) groups is 2. The van der Waals surface area contributed by atoms with Gasteiger partial charge in [0.15, 0.2) is 0 Å². The summed E-state index contributed by atoms with van der Waals surface area (Å²) in [4.78, 5) is 28.4. The molecule has 3 heterocycles. The van der Waals surface area contributed by atoms with Crippen molar-refractivity contribution in [2.24, 2.45) is 23.7 Å². The number of amides is 2. The fourth-order valence-electron chi connectivity index (χ4n) is 6.37. The number of nitrogens with one attached hydrogen (secondary N) is 1. The Kier molecular flexibility index (Phi) is 5.47. The van der Waals surface area contributed by atoms with Crippen LogP contribution in [0.5, 0.6) is 0 Å². The fourth-order valence-corrected chi connectivity index (χ4v) is 6.37. The molecule has 2 amide bonds. The Morgan fingerprint density at radius 3 is 2.38 bits per heavy atom. The number of likely N-dealkylation sites (tertiary alicyclic amines) is 1. The van der Waals surface area contributed by atoms with E-state index in [1.165, 1.54) is 6.07 Å². The first kappa shape index (κ1) is 21.7. The van der Waals surface area contributed by atoms with Gasteiger partial charge in [-0.05, 0) is 74.6 Å². The SMILES string of the molecule is Cc1cc(C(F)(F)F)ccc1NC(=O)C1[C@@H]2CCC[C@H]1CN(C(=O)C1C[C@H]3CC[C@H]1O3)C2. The zero-order valence-electron chi connectivity index (χ0n) is 18.2. The lowest BCUT2D eigenvalue weighted by Gasteiger charge is -2.47. The van der Waals surface area contributed by atoms with Crippen LogP contribution in [-0.4, -0.2) is 42.0 Å². The Morgan fingerprint density at radius 2 is 1.81 bits per heavy atom. The highest BCUT2D eigenvalue weighted by Crippen LogP contribution is 2.44. The molecule has 1 aromatic carbocycles. The van der Waals surface area contributed by atoms with Crippen LogP contribution in [0.15, 0.2) is 18.2 Å². The second-order valence-corrected chi connectivity index (χ2v) is 9.95. The van der Waals surface area contributed by atoms with Crippen LogP contribution >= 0.6 is 0 Å². The molecule has 32 heavy (non-hydrogen) atoms. The first-order valence-corrected chi connectivity index (χ1v) is 11.6. The first-order valence-electron chi connectivity index (χ1n) is 11.6. The molecule has 2 unspecified atom stereocenters. The molecule has 1 N–H and O–H groups in total. The quantitative estimate of drug-likeness (QED) is 0.743. The molecule has 1 aromatic rings. The van der Waals surface area contributed by atoms with Crippen LogP contribution in [0.3, 0.4) is 0 Å². The lowest BCUT2D eigenvalue weighted by Crippen LogP contribution is -2.55. The third-order valence-electron chi connectivity index (χ3n) is 7.92. The summed E-state index contributed by atoms with van der Waals surface area (Å²) in [6.07, 6.45) is 1.50. The standard InChI is InChI=1S/C24H29F3N2O3/c1-13-9-16(24(25,26)27)5-7-19(13)28-22(30)21-14-3-2-4-15(21)12-29(11-14)23(31)18-10-17-6-8-20(18)32-17/h5,7,9,14-15,17-18,20-21H,2-4,6,8,10-12H2,1H3,(H,28,30)/t14-,15+,17-,18?,20-,21?/m1/s1. The van der Waals surface area contributed by atoms with Crippen molar-refractivity contribution in [1.82, 2.24) is 4.90 Å². The van der Waals surface area contributed by atoms with Crippen molar-refractivity contribution in [2.45, 2.75) is 63.8 Å². The third kappa shape index (κ3) is 3.91. The number of ether oxygens (including phenoxy) is 1. The maximum absolute atomic E-state index is 13.2. The van der Waals surface area contributed by atoms with E-state index >= 15 is 0 Å². The molecule has 0 spiro atoms. The molecule has 5 nitrogen and oxygen atoms in total. The van der Waals surface area contributed by atoms with Crippen LogP contribution in [0.1, 0.15) is 49.7 Å². The lowest BCUT2D eigenvalue weighted by atomic mass is 9.68. The van der Waals surface area contributed by atoms with E-state index in [2.05, 4.69) is 5.32 Å². The Morgan fingerprint density at radius 1 is 1.09 bits per heavy atom. The highest BCUT2D eigenvalue weighted by atomic mass is 19.4. The number of hydrogen-bond acceptors (Lipinski definition) is 3. The number of hydrogen-bond donors (Lipinski definition) is 1. The van der Waals surface area contributed by atoms with Crippen LogP contribution in [0, 0.1) is 30.6 Å². The van der Waals surface area contributed by atoms with Crippen molar-refractivity contribution in [3.05, 3.63) is 29.3 Å². The molecule has 3 aliphatic heterocycles. The third-order valence-corrected chi connectivity index (χ3v) is 7.92. The molecular formula is C24H29F3N2O3. The van der Waals surface area contributed by atoms with Crippen LogP contribution in [0.4, 0.5) is 18.9 Å². The number of alkyl halides is 3. The predicted molar refractivity (Wildman–Crippen MR) is 112 cm³/mol. The van der Waals surface area contributed by atoms with E-state index in [4.69, 9.17) is 4.74 Å². The van der Waals surface area contributed by atoms with E-state index < -0.39 is 11.7 Å². The zero-order chi connectivity index (χ0) is 22.6. The van der Waals surface area contributed by atoms with Gasteiger partial charge in [-0.25, -0.2) is 0 Å². The maximum Gasteiger partial charge on any atom is 0.416 e. The van der Waals surface area contributed by atoms with Gasteiger partial charge >= 0.3 is 6.18 Å². The number of piperidine rings is 1. The number of nitrogens with zero attached hydrogens (tertiary/aromatic N) is 1. The molecule has 174 valence electrons. The molecule has 5 rings (SSSR count). The highest BCUT2D eigenvalue weighted by molar-refractivity contribution is 5.94. The van der Waals surface area contributed by atoms with Crippen LogP contribution in [0.2, 0.25) is 0 Å². The van der Waals surface area contributed by atoms with E-state index in [-0.39, 0.29) is 47.7 Å². The lowest BCUT2D eigenvalue weighted by molar-refractivity contribution is -0.146. The minimum absolute atomic E-state index is 0.0466. The molecule has 0 radical (unpaired) electrons. The molecule has 3 saturated heterocycles. The summed E-state index contributed by atoms with van der Waals surface area (Å²) < 4.78 is 44.7. The second-order valence-electron chi connectivity index (χ2n) is 9.95. The summed E-state index contributed by atoms with van der Waals surface area (Å²) in [7, 11) is 0. The molecular weight excluding hydrogens is 421 g/mol. The van der Waals surface area contributed by atoms with Crippen LogP contribution < -0.4 is 5.32 Å². The summed E-state index contributed by atoms with van der Waals surface area (Å²) in [5.41, 5.74) is 0.0854. The van der Waals surface area contributed by atoms with Gasteiger partial charge in [0.1, 0.15) is 0 Å². The minimum Gasteiger partial charge on any atom is -0.374 e. The minimum atomic E-state index is -4.41. The number of halogens is 3. The van der Waals surface area contributed by atoms with Gasteiger partial charge in [-0.15, -0.1) is 0 Å². The monoisotopic (exact) mass is 450 g/mol. The van der Waals surface area contributed by atoms with Crippen molar-refractivity contribution >= 4 is 17.5 Å². The second kappa shape index (κ2) is 8.04. The smallest absolute Gasteiger partial charge is 0.374 e. The Labute approximate surface area is 185 Å². The van der Waals surface area contributed by atoms with Gasteiger partial charge in [0.25, 0.3) is 0 Å². The number of aryl methyl sites for hydroxylation is 1. The summed E-state index contributed by atoms with van der Waals surface area (Å²) in [6, 6.07) is 3.40. The summed E-state index contributed by atoms with van der Waals surface area (Å²) in [5.74, 6) is -0.0636. The van der Waals surface area contributed by atoms with E-state index in [0.29, 0.717) is 24.3 Å². The number of fused-ring (bicyclic) bond motifs is 4. The first-order chi connectivity index (χ1) is 15.2. The van der Waals surface area contributed by atoms with Gasteiger partial charge in [-0.3, -0.25) is 9.59 Å². The predicted octanol–water partition coefficient (Wildman–Crippen LogP) is 4.39. The molecule has 8 heteroatoms. The topological polar surface area (TPSA) is 58.6 Å². The number of rotatable bonds is 3. The van der Waals surface area contributed by atoms with Crippen molar-refractivity contribution in [3.8, 4) is 0 Å². The van der Waals surface area contributed by atoms with Crippen molar-refractivity contribution in [3.63, 3.8) is 0 Å². The number of carbonyl (C=O) groups excluding carboxylic acids is 2. The normalized spacial score (nSPS) is 33.9. The van der Waals surface area contributed by atoms with Crippen LogP contribution in [0.25, 0.3) is 0 Å². The largest absolute Gasteiger partial charge is 0.416 e. The van der Waals surface area contributed by atoms with Gasteiger partial charge < -0.3 is 15.0 Å². The maximum atomic E-state index is 13.2. The summed E-state index contributed by atoms with van der Waals surface area (Å²) >= 11 is 0. The Bertz CT molecular complexity index is 904. The van der Waals surface area contributed by atoms with Crippen molar-refractivity contribution in [1.29, 1.82) is 0 Å². The molecule has 6 atom stereocenters. The van der Waals surface area contributed by atoms with Gasteiger partial charge in [0.2, 0.25) is 11.8 Å². The zero-order valence-corrected chi connectivity index (χ0v) is 18.2. The van der Waals surface area contributed by atoms with Gasteiger partial charge in [-0.1, -0.05) is 6.42 Å². The van der Waals surface area contributed by atoms with Gasteiger partial charge in [0, 0.05) is 24.7 Å². The summed E-state index contributed by atoms with van der Waals surface area (Å²) in [5, 5.41) is 2.88. The average Bonchev–Trinajstić information content (AvgIpc) is 3.36. The van der Waals surface area contributed by atoms with Gasteiger partial charge in [0.05, 0.1) is 23.7 Å². The average molecular weight is 451 g/mol. The molecule has 4 fully saturated rings. The summed E-state index contributed by atoms with van der Waals surface area (Å²) in [6.45, 7) is 2.73. The number of benzene rings is 1. The van der Waals surface area contributed by atoms with E-state index in [1.54, 1.807) is 6.92 Å². The Hall–Kier alpha value is -2.09. The fraction of sp³-hybridized carbons (Fsp3) is 0.667. The molecule has 1 saturated carbocycles.